The maximum absolute atomic E-state index is 14.5. The number of ether oxygens (including phenoxy) is 2. The van der Waals surface area contributed by atoms with Gasteiger partial charge in [0.2, 0.25) is 0 Å². The van der Waals surface area contributed by atoms with E-state index in [1.165, 1.54) is 6.07 Å². The van der Waals surface area contributed by atoms with E-state index in [9.17, 15) is 18.4 Å². The van der Waals surface area contributed by atoms with Crippen molar-refractivity contribution in [3.63, 3.8) is 0 Å². The molecule has 34 heavy (non-hydrogen) atoms. The molecule has 2 atom stereocenters. The predicted octanol–water partition coefficient (Wildman–Crippen LogP) is 5.58. The van der Waals surface area contributed by atoms with Crippen molar-refractivity contribution in [3.8, 4) is 11.3 Å². The number of halogens is 2. The molecule has 1 saturated carbocycles. The first-order valence-electron chi connectivity index (χ1n) is 11.8. The van der Waals surface area contributed by atoms with E-state index in [0.717, 1.165) is 37.8 Å². The van der Waals surface area contributed by atoms with Gasteiger partial charge < -0.3 is 18.9 Å². The Morgan fingerprint density at radius 2 is 1.68 bits per heavy atom. The SMILES string of the molecule is CC(C)(C)OC(=O)N1C2CCC1CC(OC(=O)c1c(-c3c(F)cccc3F)noc1C1CC1)C2. The second kappa shape index (κ2) is 8.36. The van der Waals surface area contributed by atoms with Crippen LogP contribution in [0, 0.1) is 11.6 Å². The first-order valence-corrected chi connectivity index (χ1v) is 11.8. The summed E-state index contributed by atoms with van der Waals surface area (Å²) in [6, 6.07) is 3.31. The summed E-state index contributed by atoms with van der Waals surface area (Å²) in [5.41, 5.74) is -1.17. The van der Waals surface area contributed by atoms with Crippen LogP contribution in [0.1, 0.15) is 81.3 Å². The zero-order valence-electron chi connectivity index (χ0n) is 19.5. The second-order valence-corrected chi connectivity index (χ2v) is 10.4. The molecule has 182 valence electrons. The van der Waals surface area contributed by atoms with Gasteiger partial charge in [0.25, 0.3) is 0 Å². The molecule has 9 heteroatoms. The van der Waals surface area contributed by atoms with Crippen molar-refractivity contribution >= 4 is 12.1 Å². The van der Waals surface area contributed by atoms with Crippen molar-refractivity contribution in [1.29, 1.82) is 0 Å². The number of rotatable bonds is 4. The van der Waals surface area contributed by atoms with E-state index in [2.05, 4.69) is 5.16 Å². The lowest BCUT2D eigenvalue weighted by Gasteiger charge is -2.39. The quantitative estimate of drug-likeness (QED) is 0.538. The number of amides is 1. The van der Waals surface area contributed by atoms with Crippen molar-refractivity contribution in [3.05, 3.63) is 41.2 Å². The van der Waals surface area contributed by atoms with E-state index in [-0.39, 0.29) is 35.4 Å². The van der Waals surface area contributed by atoms with Crippen LogP contribution >= 0.6 is 0 Å². The molecule has 3 aliphatic rings. The highest BCUT2D eigenvalue weighted by Crippen LogP contribution is 2.45. The number of aromatic nitrogens is 1. The third-order valence-corrected chi connectivity index (χ3v) is 6.64. The second-order valence-electron chi connectivity index (χ2n) is 10.4. The minimum absolute atomic E-state index is 0.00609. The number of fused-ring (bicyclic) bond motifs is 2. The molecule has 3 heterocycles. The lowest BCUT2D eigenvalue weighted by atomic mass is 9.99. The van der Waals surface area contributed by atoms with E-state index in [0.29, 0.717) is 18.6 Å². The Bertz CT molecular complexity index is 1090. The topological polar surface area (TPSA) is 81.9 Å². The van der Waals surface area contributed by atoms with Gasteiger partial charge in [-0.1, -0.05) is 11.2 Å². The molecule has 2 saturated heterocycles. The van der Waals surface area contributed by atoms with Crippen LogP contribution < -0.4 is 0 Å². The Labute approximate surface area is 196 Å². The van der Waals surface area contributed by atoms with Gasteiger partial charge >= 0.3 is 12.1 Å². The van der Waals surface area contributed by atoms with E-state index in [1.54, 1.807) is 4.90 Å². The summed E-state index contributed by atoms with van der Waals surface area (Å²) >= 11 is 0. The van der Waals surface area contributed by atoms with Crippen LogP contribution in [0.2, 0.25) is 0 Å². The van der Waals surface area contributed by atoms with Gasteiger partial charge in [0.05, 0.1) is 5.56 Å². The number of benzene rings is 1. The summed E-state index contributed by atoms with van der Waals surface area (Å²) in [4.78, 5) is 27.8. The van der Waals surface area contributed by atoms with Crippen molar-refractivity contribution < 1.29 is 32.4 Å². The summed E-state index contributed by atoms with van der Waals surface area (Å²) < 4.78 is 45.8. The predicted molar refractivity (Wildman–Crippen MR) is 117 cm³/mol. The summed E-state index contributed by atoms with van der Waals surface area (Å²) in [6.07, 6.45) is 3.43. The number of esters is 1. The Morgan fingerprint density at radius 3 is 2.24 bits per heavy atom. The van der Waals surface area contributed by atoms with Crippen LogP contribution in [0.15, 0.2) is 22.7 Å². The zero-order chi connectivity index (χ0) is 24.2. The molecule has 0 radical (unpaired) electrons. The monoisotopic (exact) mass is 474 g/mol. The third-order valence-electron chi connectivity index (χ3n) is 6.64. The van der Waals surface area contributed by atoms with Crippen LogP contribution in [0.3, 0.4) is 0 Å². The molecule has 2 aliphatic heterocycles. The maximum Gasteiger partial charge on any atom is 0.410 e. The average molecular weight is 475 g/mol. The van der Waals surface area contributed by atoms with Gasteiger partial charge in [-0.25, -0.2) is 18.4 Å². The molecule has 3 fully saturated rings. The molecular weight excluding hydrogens is 446 g/mol. The number of carbonyl (C=O) groups is 2. The Balaban J connectivity index is 1.36. The van der Waals surface area contributed by atoms with Crippen molar-refractivity contribution in [2.45, 2.75) is 89.0 Å². The fourth-order valence-electron chi connectivity index (χ4n) is 5.07. The molecule has 1 aromatic carbocycles. The van der Waals surface area contributed by atoms with Crippen molar-refractivity contribution in [1.82, 2.24) is 10.1 Å². The highest BCUT2D eigenvalue weighted by molar-refractivity contribution is 5.97. The van der Waals surface area contributed by atoms with E-state index < -0.39 is 34.9 Å². The minimum Gasteiger partial charge on any atom is -0.458 e. The van der Waals surface area contributed by atoms with Gasteiger partial charge in [-0.3, -0.25) is 0 Å². The van der Waals surface area contributed by atoms with Gasteiger partial charge in [0, 0.05) is 30.8 Å². The fraction of sp³-hybridized carbons (Fsp3) is 0.560. The summed E-state index contributed by atoms with van der Waals surface area (Å²) in [7, 11) is 0. The van der Waals surface area contributed by atoms with Crippen LogP contribution in [-0.2, 0) is 9.47 Å². The largest absolute Gasteiger partial charge is 0.458 e. The maximum atomic E-state index is 14.5. The molecular formula is C25H28F2N2O5. The summed E-state index contributed by atoms with van der Waals surface area (Å²) in [6.45, 7) is 5.48. The number of hydrogen-bond acceptors (Lipinski definition) is 6. The summed E-state index contributed by atoms with van der Waals surface area (Å²) in [5.74, 6) is -2.04. The number of carbonyl (C=O) groups excluding carboxylic acids is 2. The van der Waals surface area contributed by atoms with Gasteiger partial charge in [0.15, 0.2) is 5.76 Å². The van der Waals surface area contributed by atoms with Crippen molar-refractivity contribution in [2.24, 2.45) is 0 Å². The van der Waals surface area contributed by atoms with Gasteiger partial charge in [0.1, 0.15) is 34.6 Å². The smallest absolute Gasteiger partial charge is 0.410 e. The average Bonchev–Trinajstić information content (AvgIpc) is 3.43. The van der Waals surface area contributed by atoms with Crippen LogP contribution in [0.5, 0.6) is 0 Å². The van der Waals surface area contributed by atoms with E-state index in [4.69, 9.17) is 14.0 Å². The summed E-state index contributed by atoms with van der Waals surface area (Å²) in [5, 5.41) is 3.87. The normalized spacial score (nSPS) is 24.3. The highest BCUT2D eigenvalue weighted by Gasteiger charge is 2.47. The molecule has 1 aromatic heterocycles. The van der Waals surface area contributed by atoms with Gasteiger partial charge in [-0.2, -0.15) is 0 Å². The van der Waals surface area contributed by atoms with Gasteiger partial charge in [-0.05, 0) is 58.6 Å². The molecule has 1 amide bonds. The Kier molecular flexibility index (Phi) is 5.61. The molecule has 2 aromatic rings. The molecule has 1 aliphatic carbocycles. The molecule has 2 unspecified atom stereocenters. The van der Waals surface area contributed by atoms with Crippen LogP contribution in [-0.4, -0.2) is 45.9 Å². The standard InChI is InChI=1S/C25H28F2N2O5/c1-25(2,3)33-24(31)29-14-9-10-15(29)12-16(11-14)32-23(30)20-21(28-34-22(20)13-7-8-13)19-17(26)5-4-6-18(19)27/h4-6,13-16H,7-12H2,1-3H3. The van der Waals surface area contributed by atoms with Crippen LogP contribution in [0.25, 0.3) is 11.3 Å². The number of piperidine rings is 1. The highest BCUT2D eigenvalue weighted by atomic mass is 19.1. The number of hydrogen-bond donors (Lipinski definition) is 0. The molecule has 0 spiro atoms. The lowest BCUT2D eigenvalue weighted by molar-refractivity contribution is -0.0226. The molecule has 2 bridgehead atoms. The fourth-order valence-corrected chi connectivity index (χ4v) is 5.07. The van der Waals surface area contributed by atoms with Gasteiger partial charge in [-0.15, -0.1) is 0 Å². The molecule has 0 N–H and O–H groups in total. The van der Waals surface area contributed by atoms with E-state index in [1.807, 2.05) is 20.8 Å². The van der Waals surface area contributed by atoms with Crippen molar-refractivity contribution in [2.75, 3.05) is 0 Å². The van der Waals surface area contributed by atoms with E-state index >= 15 is 0 Å². The lowest BCUT2D eigenvalue weighted by Crippen LogP contribution is -2.50. The number of nitrogens with zero attached hydrogens (tertiary/aromatic N) is 2. The zero-order valence-corrected chi connectivity index (χ0v) is 19.5. The van der Waals surface area contributed by atoms with Crippen LogP contribution in [0.4, 0.5) is 13.6 Å². The molecule has 7 nitrogen and oxygen atoms in total. The Hall–Kier alpha value is -2.97. The Morgan fingerprint density at radius 1 is 1.06 bits per heavy atom. The first-order chi connectivity index (χ1) is 16.1. The first kappa shape index (κ1) is 22.8. The third kappa shape index (κ3) is 4.28. The minimum atomic E-state index is -0.826. The molecule has 5 rings (SSSR count).